The standard InChI is InChI=1S/C10H17F3N2O3/c1-6(2)4-14-8(16)7(3)15-9(17)18-5-10(11,12)13/h6-7H,4-5H2,1-3H3,(H,14,16)(H,15,17). The quantitative estimate of drug-likeness (QED) is 0.794. The highest BCUT2D eigenvalue weighted by molar-refractivity contribution is 5.85. The van der Waals surface area contributed by atoms with Crippen LogP contribution in [0.4, 0.5) is 18.0 Å². The Morgan fingerprint density at radius 3 is 2.22 bits per heavy atom. The summed E-state index contributed by atoms with van der Waals surface area (Å²) in [5.74, 6) is -0.244. The first-order valence-electron chi connectivity index (χ1n) is 5.39. The largest absolute Gasteiger partial charge is 0.440 e. The number of halogens is 3. The van der Waals surface area contributed by atoms with Gasteiger partial charge >= 0.3 is 12.3 Å². The van der Waals surface area contributed by atoms with E-state index in [9.17, 15) is 22.8 Å². The lowest BCUT2D eigenvalue weighted by Gasteiger charge is -2.15. The van der Waals surface area contributed by atoms with Crippen molar-refractivity contribution >= 4 is 12.0 Å². The minimum Gasteiger partial charge on any atom is -0.440 e. The Labute approximate surface area is 103 Å². The molecule has 1 unspecified atom stereocenters. The number of nitrogens with one attached hydrogen (secondary N) is 2. The minimum atomic E-state index is -4.58. The molecule has 0 aromatic rings. The average molecular weight is 270 g/mol. The molecule has 0 spiro atoms. The first-order valence-corrected chi connectivity index (χ1v) is 5.39. The molecule has 2 N–H and O–H groups in total. The number of rotatable bonds is 5. The molecule has 0 saturated carbocycles. The molecular weight excluding hydrogens is 253 g/mol. The molecule has 1 atom stereocenters. The van der Waals surface area contributed by atoms with Crippen molar-refractivity contribution in [2.45, 2.75) is 33.0 Å². The predicted octanol–water partition coefficient (Wildman–Crippen LogP) is 1.44. The topological polar surface area (TPSA) is 67.4 Å². The van der Waals surface area contributed by atoms with Crippen LogP contribution in [0.25, 0.3) is 0 Å². The summed E-state index contributed by atoms with van der Waals surface area (Å²) in [4.78, 5) is 22.3. The van der Waals surface area contributed by atoms with Crippen LogP contribution >= 0.6 is 0 Å². The van der Waals surface area contributed by atoms with Gasteiger partial charge in [0.1, 0.15) is 6.04 Å². The summed E-state index contributed by atoms with van der Waals surface area (Å²) >= 11 is 0. The second-order valence-corrected chi connectivity index (χ2v) is 4.20. The summed E-state index contributed by atoms with van der Waals surface area (Å²) in [6, 6.07) is -0.954. The van der Waals surface area contributed by atoms with E-state index in [1.165, 1.54) is 6.92 Å². The lowest BCUT2D eigenvalue weighted by molar-refractivity contribution is -0.160. The Kier molecular flexibility index (Phi) is 6.50. The number of amides is 2. The Bertz CT molecular complexity index is 293. The number of alkyl carbamates (subject to hydrolysis) is 1. The summed E-state index contributed by atoms with van der Waals surface area (Å²) < 4.78 is 39.1. The van der Waals surface area contributed by atoms with Crippen LogP contribution in [-0.2, 0) is 9.53 Å². The lowest BCUT2D eigenvalue weighted by atomic mass is 10.2. The summed E-state index contributed by atoms with van der Waals surface area (Å²) in [5, 5.41) is 4.53. The van der Waals surface area contributed by atoms with Gasteiger partial charge in [-0.15, -0.1) is 0 Å². The summed E-state index contributed by atoms with van der Waals surface area (Å²) in [7, 11) is 0. The second-order valence-electron chi connectivity index (χ2n) is 4.20. The molecule has 0 aromatic heterocycles. The first-order chi connectivity index (χ1) is 8.11. The molecule has 18 heavy (non-hydrogen) atoms. The van der Waals surface area contributed by atoms with E-state index in [4.69, 9.17) is 0 Å². The highest BCUT2D eigenvalue weighted by Crippen LogP contribution is 2.14. The van der Waals surface area contributed by atoms with Crippen LogP contribution in [0.15, 0.2) is 0 Å². The molecule has 0 fully saturated rings. The van der Waals surface area contributed by atoms with Crippen LogP contribution in [0.3, 0.4) is 0 Å². The van der Waals surface area contributed by atoms with Crippen molar-refractivity contribution < 1.29 is 27.5 Å². The molecule has 0 saturated heterocycles. The molecule has 8 heteroatoms. The van der Waals surface area contributed by atoms with Crippen molar-refractivity contribution in [3.8, 4) is 0 Å². The fourth-order valence-corrected chi connectivity index (χ4v) is 0.889. The van der Waals surface area contributed by atoms with E-state index >= 15 is 0 Å². The van der Waals surface area contributed by atoms with E-state index in [1.54, 1.807) is 0 Å². The maximum atomic E-state index is 11.7. The molecule has 0 aromatic carbocycles. The van der Waals surface area contributed by atoms with Gasteiger partial charge in [0.15, 0.2) is 6.61 Å². The van der Waals surface area contributed by atoms with Gasteiger partial charge in [0.25, 0.3) is 0 Å². The molecule has 0 rings (SSSR count). The van der Waals surface area contributed by atoms with Crippen molar-refractivity contribution in [3.05, 3.63) is 0 Å². The van der Waals surface area contributed by atoms with Crippen LogP contribution in [-0.4, -0.2) is 37.4 Å². The van der Waals surface area contributed by atoms with Crippen molar-refractivity contribution in [3.63, 3.8) is 0 Å². The van der Waals surface area contributed by atoms with Crippen LogP contribution in [0.5, 0.6) is 0 Å². The lowest BCUT2D eigenvalue weighted by Crippen LogP contribution is -2.46. The normalized spacial score (nSPS) is 13.1. The number of hydrogen-bond acceptors (Lipinski definition) is 3. The number of alkyl halides is 3. The maximum Gasteiger partial charge on any atom is 0.422 e. The fraction of sp³-hybridized carbons (Fsp3) is 0.800. The van der Waals surface area contributed by atoms with E-state index in [1.807, 2.05) is 19.2 Å². The average Bonchev–Trinajstić information content (AvgIpc) is 2.21. The third kappa shape index (κ3) is 8.66. The smallest absolute Gasteiger partial charge is 0.422 e. The van der Waals surface area contributed by atoms with Crippen molar-refractivity contribution in [2.75, 3.05) is 13.2 Å². The zero-order chi connectivity index (χ0) is 14.3. The Morgan fingerprint density at radius 1 is 1.22 bits per heavy atom. The van der Waals surface area contributed by atoms with E-state index in [0.29, 0.717) is 6.54 Å². The highest BCUT2D eigenvalue weighted by Gasteiger charge is 2.30. The SMILES string of the molecule is CC(C)CNC(=O)C(C)NC(=O)OCC(F)(F)F. The molecule has 0 heterocycles. The van der Waals surface area contributed by atoms with Crippen LogP contribution in [0.1, 0.15) is 20.8 Å². The Hall–Kier alpha value is -1.47. The van der Waals surface area contributed by atoms with Gasteiger partial charge in [-0.3, -0.25) is 4.79 Å². The van der Waals surface area contributed by atoms with Crippen LogP contribution in [0, 0.1) is 5.92 Å². The summed E-state index contributed by atoms with van der Waals surface area (Å²) in [5.41, 5.74) is 0. The third-order valence-electron chi connectivity index (χ3n) is 1.78. The van der Waals surface area contributed by atoms with Gasteiger partial charge in [-0.05, 0) is 12.8 Å². The maximum absolute atomic E-state index is 11.7. The first kappa shape index (κ1) is 16.5. The number of carbonyl (C=O) groups is 2. The number of carbonyl (C=O) groups excluding carboxylic acids is 2. The van der Waals surface area contributed by atoms with E-state index in [2.05, 4.69) is 10.1 Å². The Balaban J connectivity index is 3.96. The van der Waals surface area contributed by atoms with Crippen molar-refractivity contribution in [1.29, 1.82) is 0 Å². The monoisotopic (exact) mass is 270 g/mol. The minimum absolute atomic E-state index is 0.235. The van der Waals surface area contributed by atoms with Gasteiger partial charge in [0, 0.05) is 6.54 Å². The van der Waals surface area contributed by atoms with Crippen LogP contribution < -0.4 is 10.6 Å². The number of ether oxygens (including phenoxy) is 1. The second kappa shape index (κ2) is 7.07. The highest BCUT2D eigenvalue weighted by atomic mass is 19.4. The van der Waals surface area contributed by atoms with E-state index < -0.39 is 30.8 Å². The summed E-state index contributed by atoms with van der Waals surface area (Å²) in [6.45, 7) is 3.86. The molecular formula is C10H17F3N2O3. The predicted molar refractivity (Wildman–Crippen MR) is 57.8 cm³/mol. The molecule has 0 aliphatic carbocycles. The van der Waals surface area contributed by atoms with Crippen molar-refractivity contribution in [2.24, 2.45) is 5.92 Å². The van der Waals surface area contributed by atoms with Crippen LogP contribution in [0.2, 0.25) is 0 Å². The van der Waals surface area contributed by atoms with Gasteiger partial charge in [-0.1, -0.05) is 13.8 Å². The van der Waals surface area contributed by atoms with Gasteiger partial charge in [0.05, 0.1) is 0 Å². The molecule has 0 aliphatic heterocycles. The van der Waals surface area contributed by atoms with E-state index in [0.717, 1.165) is 0 Å². The molecule has 5 nitrogen and oxygen atoms in total. The third-order valence-corrected chi connectivity index (χ3v) is 1.78. The van der Waals surface area contributed by atoms with Gasteiger partial charge in [-0.25, -0.2) is 4.79 Å². The van der Waals surface area contributed by atoms with E-state index in [-0.39, 0.29) is 5.92 Å². The molecule has 0 radical (unpaired) electrons. The van der Waals surface area contributed by atoms with Crippen molar-refractivity contribution in [1.82, 2.24) is 10.6 Å². The molecule has 0 bridgehead atoms. The van der Waals surface area contributed by atoms with Gasteiger partial charge in [0.2, 0.25) is 5.91 Å². The van der Waals surface area contributed by atoms with Gasteiger partial charge in [-0.2, -0.15) is 13.2 Å². The zero-order valence-corrected chi connectivity index (χ0v) is 10.4. The fourth-order valence-electron chi connectivity index (χ4n) is 0.889. The molecule has 2 amide bonds. The molecule has 106 valence electrons. The zero-order valence-electron chi connectivity index (χ0n) is 10.4. The Morgan fingerprint density at radius 2 is 1.78 bits per heavy atom. The van der Waals surface area contributed by atoms with Gasteiger partial charge < -0.3 is 15.4 Å². The number of hydrogen-bond donors (Lipinski definition) is 2. The summed E-state index contributed by atoms with van der Waals surface area (Å²) in [6.07, 6.45) is -5.86. The molecule has 0 aliphatic rings.